The Morgan fingerprint density at radius 1 is 1.32 bits per heavy atom. The Bertz CT molecular complexity index is 648. The fraction of sp³-hybridized carbons (Fsp3) is 0.389. The van der Waals surface area contributed by atoms with Crippen molar-refractivity contribution in [3.63, 3.8) is 0 Å². The van der Waals surface area contributed by atoms with Crippen LogP contribution in [-0.4, -0.2) is 29.9 Å². The second-order valence-corrected chi connectivity index (χ2v) is 6.01. The van der Waals surface area contributed by atoms with E-state index in [9.17, 15) is 4.79 Å². The summed E-state index contributed by atoms with van der Waals surface area (Å²) in [5, 5.41) is 3.12. The normalized spacial score (nSPS) is 18.5. The van der Waals surface area contributed by atoms with Crippen LogP contribution < -0.4 is 5.32 Å². The van der Waals surface area contributed by atoms with Gasteiger partial charge in [0.2, 0.25) is 0 Å². The van der Waals surface area contributed by atoms with Gasteiger partial charge in [-0.1, -0.05) is 30.3 Å². The third-order valence-corrected chi connectivity index (χ3v) is 4.14. The fourth-order valence-corrected chi connectivity index (χ4v) is 3.06. The van der Waals surface area contributed by atoms with Crippen molar-refractivity contribution < 1.29 is 9.21 Å². The molecule has 0 saturated carbocycles. The number of nitrogens with zero attached hydrogens (tertiary/aromatic N) is 1. The number of hydrogen-bond donors (Lipinski definition) is 1. The zero-order valence-electron chi connectivity index (χ0n) is 13.1. The van der Waals surface area contributed by atoms with Crippen molar-refractivity contribution >= 4 is 5.91 Å². The van der Waals surface area contributed by atoms with Crippen molar-refractivity contribution in [1.29, 1.82) is 0 Å². The molecule has 2 aromatic rings. The number of amides is 1. The molecule has 1 N–H and O–H groups in total. The minimum absolute atomic E-state index is 0.0269. The van der Waals surface area contributed by atoms with E-state index in [-0.39, 0.29) is 11.9 Å². The van der Waals surface area contributed by atoms with Gasteiger partial charge in [0, 0.05) is 25.7 Å². The van der Waals surface area contributed by atoms with E-state index in [4.69, 9.17) is 4.42 Å². The van der Waals surface area contributed by atoms with Crippen LogP contribution >= 0.6 is 0 Å². The summed E-state index contributed by atoms with van der Waals surface area (Å²) in [7, 11) is 0. The third-order valence-electron chi connectivity index (χ3n) is 4.14. The van der Waals surface area contributed by atoms with Gasteiger partial charge in [0.25, 0.3) is 5.91 Å². The van der Waals surface area contributed by atoms with Crippen LogP contribution in [0.4, 0.5) is 0 Å². The number of nitrogens with one attached hydrogen (secondary N) is 1. The van der Waals surface area contributed by atoms with Crippen molar-refractivity contribution in [2.45, 2.75) is 32.9 Å². The first-order valence-corrected chi connectivity index (χ1v) is 7.76. The van der Waals surface area contributed by atoms with Gasteiger partial charge in [-0.15, -0.1) is 0 Å². The summed E-state index contributed by atoms with van der Waals surface area (Å²) >= 11 is 0. The predicted molar refractivity (Wildman–Crippen MR) is 85.8 cm³/mol. The molecular weight excluding hydrogens is 276 g/mol. The van der Waals surface area contributed by atoms with E-state index in [0.717, 1.165) is 31.8 Å². The lowest BCUT2D eigenvalue weighted by Crippen LogP contribution is -2.37. The number of furan rings is 1. The number of aryl methyl sites for hydroxylation is 2. The molecule has 1 aliphatic heterocycles. The number of likely N-dealkylation sites (tertiary alicyclic amines) is 1. The fourth-order valence-electron chi connectivity index (χ4n) is 3.06. The van der Waals surface area contributed by atoms with E-state index < -0.39 is 0 Å². The summed E-state index contributed by atoms with van der Waals surface area (Å²) in [6.07, 6.45) is 0.994. The number of carbonyl (C=O) groups excluding carboxylic acids is 1. The SMILES string of the molecule is Cc1cc(C(=O)N[C@H]2CCN(Cc3ccccc3)C2)c(C)o1. The standard InChI is InChI=1S/C18H22N2O2/c1-13-10-17(14(2)22-13)18(21)19-16-8-9-20(12-16)11-15-6-4-3-5-7-15/h3-7,10,16H,8-9,11-12H2,1-2H3,(H,19,21)/t16-/m0/s1. The molecule has 1 aromatic carbocycles. The summed E-state index contributed by atoms with van der Waals surface area (Å²) in [5.74, 6) is 1.44. The van der Waals surface area contributed by atoms with Gasteiger partial charge in [-0.05, 0) is 31.9 Å². The monoisotopic (exact) mass is 298 g/mol. The molecule has 0 spiro atoms. The van der Waals surface area contributed by atoms with Crippen LogP contribution in [0.2, 0.25) is 0 Å². The van der Waals surface area contributed by atoms with E-state index >= 15 is 0 Å². The molecule has 1 fully saturated rings. The molecule has 1 aromatic heterocycles. The summed E-state index contributed by atoms with van der Waals surface area (Å²) in [6.45, 7) is 6.55. The second-order valence-electron chi connectivity index (χ2n) is 6.01. The van der Waals surface area contributed by atoms with Crippen LogP contribution in [0.1, 0.15) is 33.9 Å². The van der Waals surface area contributed by atoms with Gasteiger partial charge in [-0.2, -0.15) is 0 Å². The summed E-state index contributed by atoms with van der Waals surface area (Å²) < 4.78 is 5.43. The van der Waals surface area contributed by atoms with Crippen molar-refractivity contribution in [3.05, 3.63) is 59.0 Å². The maximum absolute atomic E-state index is 12.3. The molecule has 1 saturated heterocycles. The summed E-state index contributed by atoms with van der Waals surface area (Å²) in [4.78, 5) is 14.7. The Labute approximate surface area is 131 Å². The van der Waals surface area contributed by atoms with E-state index in [0.29, 0.717) is 11.3 Å². The highest BCUT2D eigenvalue weighted by atomic mass is 16.3. The number of carbonyl (C=O) groups is 1. The zero-order chi connectivity index (χ0) is 15.5. The second kappa shape index (κ2) is 6.36. The van der Waals surface area contributed by atoms with Crippen molar-refractivity contribution in [2.24, 2.45) is 0 Å². The number of hydrogen-bond acceptors (Lipinski definition) is 3. The average molecular weight is 298 g/mol. The van der Waals surface area contributed by atoms with Crippen LogP contribution in [0.25, 0.3) is 0 Å². The molecule has 4 nitrogen and oxygen atoms in total. The highest BCUT2D eigenvalue weighted by Gasteiger charge is 2.25. The lowest BCUT2D eigenvalue weighted by atomic mass is 10.2. The first-order chi connectivity index (χ1) is 10.6. The molecule has 1 amide bonds. The quantitative estimate of drug-likeness (QED) is 0.944. The Balaban J connectivity index is 1.55. The van der Waals surface area contributed by atoms with Crippen molar-refractivity contribution in [2.75, 3.05) is 13.1 Å². The Hall–Kier alpha value is -2.07. The van der Waals surface area contributed by atoms with E-state index in [2.05, 4.69) is 34.5 Å². The molecule has 0 bridgehead atoms. The predicted octanol–water partition coefficient (Wildman–Crippen LogP) is 2.90. The first kappa shape index (κ1) is 14.9. The molecule has 1 aliphatic rings. The average Bonchev–Trinajstić information content (AvgIpc) is 3.06. The number of benzene rings is 1. The summed E-state index contributed by atoms with van der Waals surface area (Å²) in [5.41, 5.74) is 1.97. The molecule has 2 heterocycles. The Kier molecular flexibility index (Phi) is 4.29. The first-order valence-electron chi connectivity index (χ1n) is 7.76. The summed E-state index contributed by atoms with van der Waals surface area (Å²) in [6, 6.07) is 12.5. The van der Waals surface area contributed by atoms with Crippen LogP contribution in [0.5, 0.6) is 0 Å². The topological polar surface area (TPSA) is 45.5 Å². The van der Waals surface area contributed by atoms with Gasteiger partial charge in [-0.25, -0.2) is 0 Å². The largest absolute Gasteiger partial charge is 0.466 e. The molecule has 0 radical (unpaired) electrons. The zero-order valence-corrected chi connectivity index (χ0v) is 13.1. The molecule has 4 heteroatoms. The highest BCUT2D eigenvalue weighted by molar-refractivity contribution is 5.95. The molecular formula is C18H22N2O2. The van der Waals surface area contributed by atoms with Crippen LogP contribution in [0, 0.1) is 13.8 Å². The lowest BCUT2D eigenvalue weighted by Gasteiger charge is -2.16. The maximum Gasteiger partial charge on any atom is 0.255 e. The van der Waals surface area contributed by atoms with Gasteiger partial charge in [0.15, 0.2) is 0 Å². The van der Waals surface area contributed by atoms with Crippen LogP contribution in [-0.2, 0) is 6.54 Å². The molecule has 1 atom stereocenters. The van der Waals surface area contributed by atoms with Crippen LogP contribution in [0.3, 0.4) is 0 Å². The molecule has 116 valence electrons. The highest BCUT2D eigenvalue weighted by Crippen LogP contribution is 2.16. The van der Waals surface area contributed by atoms with Crippen molar-refractivity contribution in [1.82, 2.24) is 10.2 Å². The number of rotatable bonds is 4. The Morgan fingerprint density at radius 2 is 2.09 bits per heavy atom. The van der Waals surface area contributed by atoms with Gasteiger partial charge in [-0.3, -0.25) is 9.69 Å². The molecule has 0 unspecified atom stereocenters. The van der Waals surface area contributed by atoms with E-state index in [1.54, 1.807) is 6.07 Å². The van der Waals surface area contributed by atoms with E-state index in [1.165, 1.54) is 5.56 Å². The molecule has 0 aliphatic carbocycles. The minimum atomic E-state index is -0.0269. The smallest absolute Gasteiger partial charge is 0.255 e. The third kappa shape index (κ3) is 3.39. The van der Waals surface area contributed by atoms with Gasteiger partial charge in [0.1, 0.15) is 11.5 Å². The molecule has 3 rings (SSSR count). The van der Waals surface area contributed by atoms with Crippen LogP contribution in [0.15, 0.2) is 40.8 Å². The van der Waals surface area contributed by atoms with Crippen molar-refractivity contribution in [3.8, 4) is 0 Å². The van der Waals surface area contributed by atoms with Gasteiger partial charge < -0.3 is 9.73 Å². The maximum atomic E-state index is 12.3. The minimum Gasteiger partial charge on any atom is -0.466 e. The lowest BCUT2D eigenvalue weighted by molar-refractivity contribution is 0.0936. The van der Waals surface area contributed by atoms with E-state index in [1.807, 2.05) is 19.9 Å². The van der Waals surface area contributed by atoms with Gasteiger partial charge >= 0.3 is 0 Å². The van der Waals surface area contributed by atoms with Gasteiger partial charge in [0.05, 0.1) is 5.56 Å². The Morgan fingerprint density at radius 3 is 2.77 bits per heavy atom. The molecule has 22 heavy (non-hydrogen) atoms.